The number of urea groups is 1. The van der Waals surface area contributed by atoms with Crippen LogP contribution in [0.15, 0.2) is 24.3 Å². The van der Waals surface area contributed by atoms with Gasteiger partial charge in [-0.3, -0.25) is 0 Å². The zero-order chi connectivity index (χ0) is 13.7. The van der Waals surface area contributed by atoms with Gasteiger partial charge in [0, 0.05) is 24.8 Å². The number of hydrogen-bond donors (Lipinski definition) is 3. The Bertz CT molecular complexity index is 435. The monoisotopic (exact) mass is 262 g/mol. The molecule has 1 aromatic carbocycles. The zero-order valence-electron chi connectivity index (χ0n) is 11.4. The van der Waals surface area contributed by atoms with E-state index in [1.807, 2.05) is 24.3 Å². The van der Waals surface area contributed by atoms with Crippen LogP contribution in [0.3, 0.4) is 0 Å². The first kappa shape index (κ1) is 13.8. The van der Waals surface area contributed by atoms with E-state index in [0.717, 1.165) is 37.2 Å². The van der Waals surface area contributed by atoms with E-state index >= 15 is 0 Å². The van der Waals surface area contributed by atoms with Crippen molar-refractivity contribution in [2.45, 2.75) is 25.4 Å². The molecule has 1 aliphatic rings. The predicted octanol–water partition coefficient (Wildman–Crippen LogP) is 1.36. The molecule has 0 aliphatic carbocycles. The summed E-state index contributed by atoms with van der Waals surface area (Å²) in [7, 11) is 2.08. The SMILES string of the molecule is CN1CCCC(NC(=O)Nc2cccc(CN)c2)C1. The van der Waals surface area contributed by atoms with Gasteiger partial charge in [-0.05, 0) is 44.1 Å². The molecule has 5 heteroatoms. The normalized spacial score (nSPS) is 20.0. The van der Waals surface area contributed by atoms with Crippen LogP contribution in [0.1, 0.15) is 18.4 Å². The van der Waals surface area contributed by atoms with E-state index in [1.165, 1.54) is 0 Å². The molecule has 0 saturated carbocycles. The number of nitrogens with one attached hydrogen (secondary N) is 2. The molecule has 0 spiro atoms. The minimum Gasteiger partial charge on any atom is -0.334 e. The smallest absolute Gasteiger partial charge is 0.319 e. The second-order valence-electron chi connectivity index (χ2n) is 5.10. The quantitative estimate of drug-likeness (QED) is 0.770. The number of amides is 2. The third-order valence-corrected chi connectivity index (χ3v) is 3.38. The summed E-state index contributed by atoms with van der Waals surface area (Å²) in [5, 5.41) is 5.87. The first-order valence-corrected chi connectivity index (χ1v) is 6.72. The summed E-state index contributed by atoms with van der Waals surface area (Å²) in [5.41, 5.74) is 7.37. The fraction of sp³-hybridized carbons (Fsp3) is 0.500. The zero-order valence-corrected chi connectivity index (χ0v) is 11.4. The van der Waals surface area contributed by atoms with Crippen LogP contribution in [0.2, 0.25) is 0 Å². The van der Waals surface area contributed by atoms with Crippen molar-refractivity contribution in [3.8, 4) is 0 Å². The average Bonchev–Trinajstić information content (AvgIpc) is 2.38. The third kappa shape index (κ3) is 4.22. The van der Waals surface area contributed by atoms with Crippen molar-refractivity contribution < 1.29 is 4.79 Å². The molecule has 1 heterocycles. The molecular weight excluding hydrogens is 240 g/mol. The number of nitrogens with two attached hydrogens (primary N) is 1. The van der Waals surface area contributed by atoms with Crippen LogP contribution in [-0.4, -0.2) is 37.1 Å². The maximum atomic E-state index is 11.9. The average molecular weight is 262 g/mol. The molecular formula is C14H22N4O. The van der Waals surface area contributed by atoms with Gasteiger partial charge in [0.05, 0.1) is 0 Å². The summed E-state index contributed by atoms with van der Waals surface area (Å²) in [6.07, 6.45) is 2.17. The Morgan fingerprint density at radius 3 is 3.11 bits per heavy atom. The molecule has 1 aliphatic heterocycles. The highest BCUT2D eigenvalue weighted by atomic mass is 16.2. The van der Waals surface area contributed by atoms with Crippen LogP contribution >= 0.6 is 0 Å². The molecule has 2 rings (SSSR count). The van der Waals surface area contributed by atoms with E-state index in [0.29, 0.717) is 6.54 Å². The molecule has 0 aromatic heterocycles. The molecule has 2 amide bonds. The van der Waals surface area contributed by atoms with Crippen LogP contribution in [0.4, 0.5) is 10.5 Å². The second kappa shape index (κ2) is 6.54. The number of hydrogen-bond acceptors (Lipinski definition) is 3. The highest BCUT2D eigenvalue weighted by Gasteiger charge is 2.18. The highest BCUT2D eigenvalue weighted by Crippen LogP contribution is 2.11. The number of anilines is 1. The van der Waals surface area contributed by atoms with Gasteiger partial charge in [0.1, 0.15) is 0 Å². The fourth-order valence-corrected chi connectivity index (χ4v) is 2.41. The minimum absolute atomic E-state index is 0.144. The van der Waals surface area contributed by atoms with Crippen LogP contribution in [-0.2, 0) is 6.54 Å². The second-order valence-corrected chi connectivity index (χ2v) is 5.10. The summed E-state index contributed by atoms with van der Waals surface area (Å²) in [4.78, 5) is 14.2. The van der Waals surface area contributed by atoms with Gasteiger partial charge in [-0.2, -0.15) is 0 Å². The van der Waals surface area contributed by atoms with Crippen molar-refractivity contribution in [1.29, 1.82) is 0 Å². The van der Waals surface area contributed by atoms with Crippen molar-refractivity contribution in [1.82, 2.24) is 10.2 Å². The highest BCUT2D eigenvalue weighted by molar-refractivity contribution is 5.89. The predicted molar refractivity (Wildman–Crippen MR) is 77.0 cm³/mol. The van der Waals surface area contributed by atoms with Crippen LogP contribution in [0.25, 0.3) is 0 Å². The standard InChI is InChI=1S/C14H22N4O/c1-18-7-3-6-13(10-18)17-14(19)16-12-5-2-4-11(8-12)9-15/h2,4-5,8,13H,3,6-7,9-10,15H2,1H3,(H2,16,17,19). The lowest BCUT2D eigenvalue weighted by Crippen LogP contribution is -2.47. The largest absolute Gasteiger partial charge is 0.334 e. The number of rotatable bonds is 3. The first-order chi connectivity index (χ1) is 9.17. The molecule has 19 heavy (non-hydrogen) atoms. The molecule has 4 N–H and O–H groups in total. The first-order valence-electron chi connectivity index (χ1n) is 6.72. The molecule has 1 aromatic rings. The lowest BCUT2D eigenvalue weighted by molar-refractivity contribution is 0.216. The Morgan fingerprint density at radius 2 is 2.37 bits per heavy atom. The van der Waals surface area contributed by atoms with Gasteiger partial charge >= 0.3 is 6.03 Å². The van der Waals surface area contributed by atoms with Crippen molar-refractivity contribution in [3.05, 3.63) is 29.8 Å². The Morgan fingerprint density at radius 1 is 1.53 bits per heavy atom. The van der Waals surface area contributed by atoms with E-state index in [1.54, 1.807) is 0 Å². The number of likely N-dealkylation sites (tertiary alicyclic amines) is 1. The molecule has 104 valence electrons. The molecule has 0 bridgehead atoms. The number of carbonyl (C=O) groups is 1. The molecule has 1 unspecified atom stereocenters. The third-order valence-electron chi connectivity index (χ3n) is 3.38. The van der Waals surface area contributed by atoms with Gasteiger partial charge in [-0.1, -0.05) is 12.1 Å². The van der Waals surface area contributed by atoms with Gasteiger partial charge in [-0.15, -0.1) is 0 Å². The Kier molecular flexibility index (Phi) is 4.76. The summed E-state index contributed by atoms with van der Waals surface area (Å²) in [6.45, 7) is 2.50. The van der Waals surface area contributed by atoms with Crippen LogP contribution < -0.4 is 16.4 Å². The van der Waals surface area contributed by atoms with E-state index in [4.69, 9.17) is 5.73 Å². The molecule has 5 nitrogen and oxygen atoms in total. The van der Waals surface area contributed by atoms with Gasteiger partial charge in [0.25, 0.3) is 0 Å². The molecule has 0 radical (unpaired) electrons. The maximum Gasteiger partial charge on any atom is 0.319 e. The Labute approximate surface area is 114 Å². The summed E-state index contributed by atoms with van der Waals surface area (Å²) in [5.74, 6) is 0. The van der Waals surface area contributed by atoms with Crippen molar-refractivity contribution in [3.63, 3.8) is 0 Å². The van der Waals surface area contributed by atoms with Gasteiger partial charge in [-0.25, -0.2) is 4.79 Å². The number of likely N-dealkylation sites (N-methyl/N-ethyl adjacent to an activating group) is 1. The topological polar surface area (TPSA) is 70.4 Å². The lowest BCUT2D eigenvalue weighted by Gasteiger charge is -2.30. The van der Waals surface area contributed by atoms with E-state index in [2.05, 4.69) is 22.6 Å². The van der Waals surface area contributed by atoms with Gasteiger partial charge in [0.15, 0.2) is 0 Å². The summed E-state index contributed by atoms with van der Waals surface area (Å²) in [6, 6.07) is 7.69. The van der Waals surface area contributed by atoms with E-state index in [-0.39, 0.29) is 12.1 Å². The van der Waals surface area contributed by atoms with E-state index in [9.17, 15) is 4.79 Å². The number of piperidine rings is 1. The van der Waals surface area contributed by atoms with Crippen LogP contribution in [0, 0.1) is 0 Å². The number of nitrogens with zero attached hydrogens (tertiary/aromatic N) is 1. The lowest BCUT2D eigenvalue weighted by atomic mass is 10.1. The fourth-order valence-electron chi connectivity index (χ4n) is 2.41. The Hall–Kier alpha value is -1.59. The molecule has 1 atom stereocenters. The molecule has 1 saturated heterocycles. The van der Waals surface area contributed by atoms with Crippen molar-refractivity contribution in [2.24, 2.45) is 5.73 Å². The number of carbonyl (C=O) groups excluding carboxylic acids is 1. The van der Waals surface area contributed by atoms with Crippen molar-refractivity contribution in [2.75, 3.05) is 25.5 Å². The van der Waals surface area contributed by atoms with E-state index < -0.39 is 0 Å². The summed E-state index contributed by atoms with van der Waals surface area (Å²) < 4.78 is 0. The van der Waals surface area contributed by atoms with Gasteiger partial charge < -0.3 is 21.3 Å². The number of benzene rings is 1. The Balaban J connectivity index is 1.86. The van der Waals surface area contributed by atoms with Gasteiger partial charge in [0.2, 0.25) is 0 Å². The maximum absolute atomic E-state index is 11.9. The molecule has 1 fully saturated rings. The van der Waals surface area contributed by atoms with Crippen LogP contribution in [0.5, 0.6) is 0 Å². The van der Waals surface area contributed by atoms with Crippen molar-refractivity contribution >= 4 is 11.7 Å². The minimum atomic E-state index is -0.144. The summed E-state index contributed by atoms with van der Waals surface area (Å²) >= 11 is 0.